The Labute approximate surface area is 212 Å². The summed E-state index contributed by atoms with van der Waals surface area (Å²) in [6, 6.07) is 7.82. The average Bonchev–Trinajstić information content (AvgIpc) is 3.14. The second-order valence-corrected chi connectivity index (χ2v) is 12.0. The molecule has 11 heteroatoms. The number of nitrogens with one attached hydrogen (secondary N) is 1. The van der Waals surface area contributed by atoms with E-state index in [1.807, 2.05) is 6.20 Å². The van der Waals surface area contributed by atoms with Crippen LogP contribution in [0.4, 0.5) is 11.6 Å². The molecular weight excluding hydrogens is 492 g/mol. The molecule has 3 aromatic heterocycles. The van der Waals surface area contributed by atoms with Gasteiger partial charge in [0, 0.05) is 41.3 Å². The van der Waals surface area contributed by atoms with Gasteiger partial charge in [-0.25, -0.2) is 13.4 Å². The molecule has 0 atom stereocenters. The minimum atomic E-state index is -3.38. The van der Waals surface area contributed by atoms with Gasteiger partial charge in [0.15, 0.2) is 15.6 Å². The van der Waals surface area contributed by atoms with Gasteiger partial charge >= 0.3 is 0 Å². The molecule has 3 heterocycles. The zero-order valence-corrected chi connectivity index (χ0v) is 20.8. The lowest BCUT2D eigenvalue weighted by molar-refractivity contribution is -0.115. The van der Waals surface area contributed by atoms with Crippen molar-refractivity contribution in [3.8, 4) is 0 Å². The van der Waals surface area contributed by atoms with Gasteiger partial charge in [-0.3, -0.25) is 14.6 Å². The number of hydrogen-bond acceptors (Lipinski definition) is 8. The second-order valence-electron chi connectivity index (χ2n) is 10.0. The van der Waals surface area contributed by atoms with Gasteiger partial charge < -0.3 is 15.6 Å². The summed E-state index contributed by atoms with van der Waals surface area (Å²) >= 11 is 0. The number of pyridine rings is 1. The minimum absolute atomic E-state index is 0.00469. The van der Waals surface area contributed by atoms with Crippen molar-refractivity contribution in [3.63, 3.8) is 0 Å². The van der Waals surface area contributed by atoms with Crippen molar-refractivity contribution in [3.05, 3.63) is 71.8 Å². The third-order valence-electron chi connectivity index (χ3n) is 7.30. The van der Waals surface area contributed by atoms with Crippen LogP contribution in [0.25, 0.3) is 11.0 Å². The van der Waals surface area contributed by atoms with Crippen LogP contribution in [0.15, 0.2) is 60.0 Å². The maximum atomic E-state index is 13.6. The van der Waals surface area contributed by atoms with Crippen LogP contribution in [0.3, 0.4) is 0 Å². The largest absolute Gasteiger partial charge is 0.368 e. The van der Waals surface area contributed by atoms with E-state index in [0.29, 0.717) is 33.4 Å². The molecule has 1 aromatic carbocycles. The molecule has 3 N–H and O–H groups in total. The van der Waals surface area contributed by atoms with Crippen molar-refractivity contribution in [2.45, 2.75) is 36.1 Å². The van der Waals surface area contributed by atoms with Crippen molar-refractivity contribution in [1.29, 1.82) is 0 Å². The lowest BCUT2D eigenvalue weighted by Gasteiger charge is -2.62. The highest BCUT2D eigenvalue weighted by Crippen LogP contribution is 2.63. The zero-order valence-electron chi connectivity index (χ0n) is 20.0. The summed E-state index contributed by atoms with van der Waals surface area (Å²) in [6.07, 6.45) is 10.6. The van der Waals surface area contributed by atoms with E-state index in [4.69, 9.17) is 5.73 Å². The Kier molecular flexibility index (Phi) is 5.16. The average molecular weight is 517 g/mol. The molecule has 4 aromatic rings. The van der Waals surface area contributed by atoms with E-state index in [1.54, 1.807) is 24.4 Å². The third-order valence-corrected chi connectivity index (χ3v) is 8.41. The highest BCUT2D eigenvalue weighted by Gasteiger charge is 2.58. The van der Waals surface area contributed by atoms with Crippen molar-refractivity contribution in [2.24, 2.45) is 5.92 Å². The van der Waals surface area contributed by atoms with E-state index >= 15 is 0 Å². The summed E-state index contributed by atoms with van der Waals surface area (Å²) in [5.41, 5.74) is 8.20. The van der Waals surface area contributed by atoms with Gasteiger partial charge in [-0.1, -0.05) is 12.1 Å². The molecule has 0 aliphatic heterocycles. The fourth-order valence-electron chi connectivity index (χ4n) is 5.35. The van der Waals surface area contributed by atoms with Crippen molar-refractivity contribution in [2.75, 3.05) is 17.3 Å². The zero-order chi connectivity index (χ0) is 25.9. The van der Waals surface area contributed by atoms with Crippen LogP contribution < -0.4 is 11.1 Å². The van der Waals surface area contributed by atoms with Gasteiger partial charge in [-0.15, -0.1) is 0 Å². The lowest BCUT2D eigenvalue weighted by atomic mass is 9.49. The molecule has 0 radical (unpaired) electrons. The monoisotopic (exact) mass is 516 g/mol. The summed E-state index contributed by atoms with van der Waals surface area (Å²) in [4.78, 5) is 39.0. The van der Waals surface area contributed by atoms with Crippen LogP contribution in [0.5, 0.6) is 0 Å². The molecule has 3 aliphatic rings. The molecule has 3 saturated carbocycles. The SMILES string of the molecule is CS(=O)(=O)c1cccc(CC(=O)Nc2cncc(C(=O)c3cn(C45CC(C4)C5)c4nc(N)ncc34)c2)c1. The van der Waals surface area contributed by atoms with Crippen molar-refractivity contribution >= 4 is 44.2 Å². The number of amides is 1. The van der Waals surface area contributed by atoms with E-state index in [9.17, 15) is 18.0 Å². The molecule has 188 valence electrons. The molecule has 7 rings (SSSR count). The Morgan fingerprint density at radius 3 is 2.65 bits per heavy atom. The number of hydrogen-bond donors (Lipinski definition) is 2. The fourth-order valence-corrected chi connectivity index (χ4v) is 6.05. The van der Waals surface area contributed by atoms with Crippen molar-refractivity contribution in [1.82, 2.24) is 19.5 Å². The first-order valence-electron chi connectivity index (χ1n) is 11.8. The molecule has 10 nitrogen and oxygen atoms in total. The molecule has 3 aliphatic carbocycles. The van der Waals surface area contributed by atoms with Crippen LogP contribution >= 0.6 is 0 Å². The summed E-state index contributed by atoms with van der Waals surface area (Å²) in [6.45, 7) is 0. The second kappa shape index (κ2) is 8.20. The Bertz CT molecular complexity index is 1690. The summed E-state index contributed by atoms with van der Waals surface area (Å²) in [7, 11) is -3.38. The number of carbonyl (C=O) groups is 2. The van der Waals surface area contributed by atoms with Crippen LogP contribution in [-0.2, 0) is 26.6 Å². The van der Waals surface area contributed by atoms with E-state index < -0.39 is 9.84 Å². The first kappa shape index (κ1) is 23.3. The maximum Gasteiger partial charge on any atom is 0.228 e. The van der Waals surface area contributed by atoms with Crippen LogP contribution in [0, 0.1) is 5.92 Å². The Morgan fingerprint density at radius 2 is 1.95 bits per heavy atom. The third kappa shape index (κ3) is 4.05. The molecule has 0 spiro atoms. The van der Waals surface area contributed by atoms with Crippen molar-refractivity contribution < 1.29 is 18.0 Å². The molecular formula is C26H24N6O4S. The van der Waals surface area contributed by atoms with E-state index in [1.165, 1.54) is 24.5 Å². The number of ketones is 1. The number of aromatic nitrogens is 4. The first-order chi connectivity index (χ1) is 17.6. The van der Waals surface area contributed by atoms with E-state index in [0.717, 1.165) is 31.4 Å². The summed E-state index contributed by atoms with van der Waals surface area (Å²) in [5, 5.41) is 3.37. The number of fused-ring (bicyclic) bond motifs is 1. The lowest BCUT2D eigenvalue weighted by Crippen LogP contribution is -2.59. The predicted octanol–water partition coefficient (Wildman–Crippen LogP) is 2.73. The smallest absolute Gasteiger partial charge is 0.228 e. The standard InChI is InChI=1S/C26H24N6O4S/c1-37(35,36)19-4-2-3-15(5-19)6-22(33)30-18-7-17(11-28-12-18)23(34)21-14-32(26-8-16(9-26)10-26)24-20(21)13-29-25(27)31-24/h2-5,7,11-14,16H,6,8-10H2,1H3,(H,30,33)(H2,27,29,31). The summed E-state index contributed by atoms with van der Waals surface area (Å²) in [5.74, 6) is 0.286. The number of sulfone groups is 1. The number of nitrogens with zero attached hydrogens (tertiary/aromatic N) is 4. The minimum Gasteiger partial charge on any atom is -0.368 e. The number of carbonyl (C=O) groups excluding carboxylic acids is 2. The van der Waals surface area contributed by atoms with Crippen LogP contribution in [0.2, 0.25) is 0 Å². The number of anilines is 2. The van der Waals surface area contributed by atoms with Gasteiger partial charge in [0.05, 0.1) is 28.8 Å². The number of nitrogen functional groups attached to an aromatic ring is 1. The molecule has 0 unspecified atom stereocenters. The molecule has 1 amide bonds. The van der Waals surface area contributed by atoms with Gasteiger partial charge in [0.1, 0.15) is 5.65 Å². The Hall–Kier alpha value is -4.12. The highest BCUT2D eigenvalue weighted by molar-refractivity contribution is 7.90. The molecule has 37 heavy (non-hydrogen) atoms. The molecule has 3 fully saturated rings. The molecule has 2 bridgehead atoms. The van der Waals surface area contributed by atoms with E-state index in [2.05, 4.69) is 24.8 Å². The number of rotatable bonds is 7. The number of benzene rings is 1. The topological polar surface area (TPSA) is 150 Å². The maximum absolute atomic E-state index is 13.6. The highest BCUT2D eigenvalue weighted by atomic mass is 32.2. The first-order valence-corrected chi connectivity index (χ1v) is 13.7. The normalized spacial score (nSPS) is 20.2. The van der Waals surface area contributed by atoms with Gasteiger partial charge in [-0.05, 0) is 48.9 Å². The fraction of sp³-hybridized carbons (Fsp3) is 0.269. The Morgan fingerprint density at radius 1 is 1.16 bits per heavy atom. The van der Waals surface area contributed by atoms with Crippen LogP contribution in [-0.4, -0.2) is 45.9 Å². The quantitative estimate of drug-likeness (QED) is 0.356. The predicted molar refractivity (Wildman–Crippen MR) is 137 cm³/mol. The van der Waals surface area contributed by atoms with E-state index in [-0.39, 0.29) is 34.5 Å². The van der Waals surface area contributed by atoms with Crippen LogP contribution in [0.1, 0.15) is 40.7 Å². The summed E-state index contributed by atoms with van der Waals surface area (Å²) < 4.78 is 25.7. The molecule has 0 saturated heterocycles. The van der Waals surface area contributed by atoms with Gasteiger partial charge in [-0.2, -0.15) is 4.98 Å². The van der Waals surface area contributed by atoms with Gasteiger partial charge in [0.25, 0.3) is 0 Å². The van der Waals surface area contributed by atoms with Gasteiger partial charge in [0.2, 0.25) is 11.9 Å². The number of nitrogens with two attached hydrogens (primary N) is 1. The Balaban J connectivity index is 1.25.